The van der Waals surface area contributed by atoms with E-state index in [4.69, 9.17) is 10.2 Å². The molecule has 1 aromatic rings. The summed E-state index contributed by atoms with van der Waals surface area (Å²) >= 11 is 1.68. The van der Waals surface area contributed by atoms with E-state index in [1.54, 1.807) is 11.8 Å². The molecule has 0 heterocycles. The number of hydrogen-bond acceptors (Lipinski definition) is 3. The third kappa shape index (κ3) is 3.33. The monoisotopic (exact) mass is 212 g/mol. The van der Waals surface area contributed by atoms with Gasteiger partial charge in [-0.2, -0.15) is 0 Å². The number of aliphatic hydroxyl groups excluding tert-OH is 2. The van der Waals surface area contributed by atoms with Crippen molar-refractivity contribution in [3.8, 4) is 0 Å². The Morgan fingerprint density at radius 1 is 1.29 bits per heavy atom. The molecule has 0 aliphatic carbocycles. The fourth-order valence-electron chi connectivity index (χ4n) is 1.22. The molecule has 0 fully saturated rings. The second-order valence-electron chi connectivity index (χ2n) is 3.19. The second-order valence-corrected chi connectivity index (χ2v) is 4.33. The van der Waals surface area contributed by atoms with Crippen molar-refractivity contribution in [2.24, 2.45) is 0 Å². The number of thioether (sulfide) groups is 1. The normalized spacial score (nSPS) is 10.5. The van der Waals surface area contributed by atoms with E-state index in [2.05, 4.69) is 0 Å². The zero-order valence-electron chi connectivity index (χ0n) is 8.36. The molecule has 0 spiro atoms. The zero-order chi connectivity index (χ0) is 10.4. The molecular weight excluding hydrogens is 196 g/mol. The van der Waals surface area contributed by atoms with Gasteiger partial charge in [0.1, 0.15) is 0 Å². The van der Waals surface area contributed by atoms with Crippen LogP contribution in [0.15, 0.2) is 23.1 Å². The Kier molecular flexibility index (Phi) is 5.01. The number of hydrogen-bond donors (Lipinski definition) is 2. The van der Waals surface area contributed by atoms with Crippen molar-refractivity contribution in [2.45, 2.75) is 24.8 Å². The van der Waals surface area contributed by atoms with Crippen LogP contribution in [0.3, 0.4) is 0 Å². The topological polar surface area (TPSA) is 40.5 Å². The molecule has 0 atom stereocenters. The van der Waals surface area contributed by atoms with Crippen LogP contribution in [-0.2, 0) is 6.61 Å². The second kappa shape index (κ2) is 6.06. The number of rotatable bonds is 5. The molecule has 14 heavy (non-hydrogen) atoms. The average molecular weight is 212 g/mol. The van der Waals surface area contributed by atoms with Crippen LogP contribution >= 0.6 is 11.8 Å². The highest BCUT2D eigenvalue weighted by molar-refractivity contribution is 7.99. The van der Waals surface area contributed by atoms with E-state index in [1.165, 1.54) is 5.56 Å². The van der Waals surface area contributed by atoms with Gasteiger partial charge in [-0.3, -0.25) is 0 Å². The van der Waals surface area contributed by atoms with Gasteiger partial charge in [0.15, 0.2) is 0 Å². The van der Waals surface area contributed by atoms with Crippen LogP contribution in [0.5, 0.6) is 0 Å². The molecule has 0 saturated carbocycles. The van der Waals surface area contributed by atoms with E-state index in [-0.39, 0.29) is 13.2 Å². The number of benzene rings is 1. The maximum absolute atomic E-state index is 9.14. The van der Waals surface area contributed by atoms with Crippen LogP contribution in [0, 0.1) is 6.92 Å². The molecule has 0 bridgehead atoms. The molecular formula is C11H16O2S. The van der Waals surface area contributed by atoms with E-state index in [9.17, 15) is 0 Å². The minimum atomic E-state index is 0.0864. The van der Waals surface area contributed by atoms with E-state index in [1.807, 2.05) is 25.1 Å². The first kappa shape index (κ1) is 11.6. The molecule has 2 nitrogen and oxygen atoms in total. The SMILES string of the molecule is Cc1ccc(SCCCO)c(CO)c1. The highest BCUT2D eigenvalue weighted by Gasteiger charge is 2.01. The summed E-state index contributed by atoms with van der Waals surface area (Å²) in [6.45, 7) is 2.33. The minimum Gasteiger partial charge on any atom is -0.396 e. The molecule has 0 amide bonds. The minimum absolute atomic E-state index is 0.0864. The third-order valence-corrected chi connectivity index (χ3v) is 3.15. The molecule has 0 aromatic heterocycles. The Balaban J connectivity index is 2.65. The van der Waals surface area contributed by atoms with Crippen LogP contribution in [0.25, 0.3) is 0 Å². The first-order chi connectivity index (χ1) is 6.77. The van der Waals surface area contributed by atoms with Crippen molar-refractivity contribution in [1.82, 2.24) is 0 Å². The third-order valence-electron chi connectivity index (χ3n) is 1.95. The van der Waals surface area contributed by atoms with E-state index in [0.717, 1.165) is 22.6 Å². The van der Waals surface area contributed by atoms with Crippen molar-refractivity contribution in [3.05, 3.63) is 29.3 Å². The predicted octanol–water partition coefficient (Wildman–Crippen LogP) is 1.96. The Bertz CT molecular complexity index is 287. The van der Waals surface area contributed by atoms with Gasteiger partial charge >= 0.3 is 0 Å². The standard InChI is InChI=1S/C11H16O2S/c1-9-3-4-11(10(7-9)8-13)14-6-2-5-12/h3-4,7,12-13H,2,5-6,8H2,1H3. The molecule has 1 aromatic carbocycles. The Morgan fingerprint density at radius 3 is 2.71 bits per heavy atom. The van der Waals surface area contributed by atoms with Gasteiger partial charge in [-0.15, -0.1) is 11.8 Å². The molecule has 0 saturated heterocycles. The summed E-state index contributed by atoms with van der Waals surface area (Å²) in [5.41, 5.74) is 2.15. The first-order valence-corrected chi connectivity index (χ1v) is 5.70. The van der Waals surface area contributed by atoms with Crippen molar-refractivity contribution in [1.29, 1.82) is 0 Å². The van der Waals surface area contributed by atoms with Gasteiger partial charge in [-0.05, 0) is 25.0 Å². The van der Waals surface area contributed by atoms with Crippen molar-refractivity contribution >= 4 is 11.8 Å². The molecule has 0 aliphatic rings. The maximum Gasteiger partial charge on any atom is 0.0692 e. The van der Waals surface area contributed by atoms with Crippen molar-refractivity contribution < 1.29 is 10.2 Å². The van der Waals surface area contributed by atoms with Gasteiger partial charge in [0.25, 0.3) is 0 Å². The molecule has 0 radical (unpaired) electrons. The van der Waals surface area contributed by atoms with Crippen LogP contribution in [-0.4, -0.2) is 22.6 Å². The van der Waals surface area contributed by atoms with E-state index < -0.39 is 0 Å². The van der Waals surface area contributed by atoms with Gasteiger partial charge in [0.05, 0.1) is 6.61 Å². The summed E-state index contributed by atoms with van der Waals surface area (Å²) in [7, 11) is 0. The Hall–Kier alpha value is -0.510. The molecule has 78 valence electrons. The summed E-state index contributed by atoms with van der Waals surface area (Å²) in [4.78, 5) is 1.12. The lowest BCUT2D eigenvalue weighted by Gasteiger charge is -2.07. The summed E-state index contributed by atoms with van der Waals surface area (Å²) in [5.74, 6) is 0.895. The summed E-state index contributed by atoms with van der Waals surface area (Å²) in [5, 5.41) is 17.8. The van der Waals surface area contributed by atoms with E-state index >= 15 is 0 Å². The predicted molar refractivity (Wildman–Crippen MR) is 59.5 cm³/mol. The summed E-state index contributed by atoms with van der Waals surface area (Å²) < 4.78 is 0. The Labute approximate surface area is 89.0 Å². The van der Waals surface area contributed by atoms with Gasteiger partial charge in [0, 0.05) is 17.3 Å². The van der Waals surface area contributed by atoms with Crippen LogP contribution < -0.4 is 0 Å². The maximum atomic E-state index is 9.14. The van der Waals surface area contributed by atoms with Gasteiger partial charge < -0.3 is 10.2 Å². The highest BCUT2D eigenvalue weighted by Crippen LogP contribution is 2.24. The summed E-state index contributed by atoms with van der Waals surface area (Å²) in [6.07, 6.45) is 0.795. The van der Waals surface area contributed by atoms with Gasteiger partial charge in [0.2, 0.25) is 0 Å². The molecule has 3 heteroatoms. The number of aliphatic hydroxyl groups is 2. The van der Waals surface area contributed by atoms with E-state index in [0.29, 0.717) is 0 Å². The van der Waals surface area contributed by atoms with Gasteiger partial charge in [-0.25, -0.2) is 0 Å². The molecule has 0 aliphatic heterocycles. The molecule has 2 N–H and O–H groups in total. The van der Waals surface area contributed by atoms with Crippen molar-refractivity contribution in [3.63, 3.8) is 0 Å². The van der Waals surface area contributed by atoms with Crippen LogP contribution in [0.4, 0.5) is 0 Å². The largest absolute Gasteiger partial charge is 0.396 e. The lowest BCUT2D eigenvalue weighted by Crippen LogP contribution is -1.91. The average Bonchev–Trinajstić information content (AvgIpc) is 2.20. The van der Waals surface area contributed by atoms with Crippen molar-refractivity contribution in [2.75, 3.05) is 12.4 Å². The summed E-state index contributed by atoms with van der Waals surface area (Å²) in [6, 6.07) is 6.07. The molecule has 0 unspecified atom stereocenters. The lowest BCUT2D eigenvalue weighted by atomic mass is 10.1. The van der Waals surface area contributed by atoms with Crippen LogP contribution in [0.1, 0.15) is 17.5 Å². The van der Waals surface area contributed by atoms with Gasteiger partial charge in [-0.1, -0.05) is 17.7 Å². The van der Waals surface area contributed by atoms with Crippen LogP contribution in [0.2, 0.25) is 0 Å². The Morgan fingerprint density at radius 2 is 2.07 bits per heavy atom. The lowest BCUT2D eigenvalue weighted by molar-refractivity contribution is 0.279. The first-order valence-electron chi connectivity index (χ1n) is 4.72. The number of aryl methyl sites for hydroxylation is 1. The highest BCUT2D eigenvalue weighted by atomic mass is 32.2. The molecule has 1 rings (SSSR count). The smallest absolute Gasteiger partial charge is 0.0692 e. The zero-order valence-corrected chi connectivity index (χ0v) is 9.18. The fourth-order valence-corrected chi connectivity index (χ4v) is 2.19. The fraction of sp³-hybridized carbons (Fsp3) is 0.455. The quantitative estimate of drug-likeness (QED) is 0.579.